The number of aryl methyl sites for hydroxylation is 1. The lowest BCUT2D eigenvalue weighted by molar-refractivity contribution is -0.118. The molecule has 1 aromatic rings. The Hall–Kier alpha value is -1.45. The van der Waals surface area contributed by atoms with Crippen molar-refractivity contribution in [2.24, 2.45) is 5.73 Å². The van der Waals surface area contributed by atoms with Crippen molar-refractivity contribution < 1.29 is 4.79 Å². The molecule has 0 aliphatic heterocycles. The van der Waals surface area contributed by atoms with Crippen molar-refractivity contribution in [3.05, 3.63) is 24.0 Å². The van der Waals surface area contributed by atoms with Crippen LogP contribution < -0.4 is 5.73 Å². The Bertz CT molecular complexity index is 235. The summed E-state index contributed by atoms with van der Waals surface area (Å²) < 4.78 is 0. The van der Waals surface area contributed by atoms with E-state index in [1.807, 2.05) is 6.07 Å². The standard InChI is InChI=1S/C7H9N3O/c8-7(11)4-3-6-2-1-5-9-10-6/h1-2,5H,3-4H2,(H2,8,11). The topological polar surface area (TPSA) is 68.9 Å². The van der Waals surface area contributed by atoms with Crippen molar-refractivity contribution in [1.82, 2.24) is 10.2 Å². The Balaban J connectivity index is 2.45. The molecule has 2 N–H and O–H groups in total. The minimum atomic E-state index is -0.310. The van der Waals surface area contributed by atoms with Gasteiger partial charge in [-0.05, 0) is 12.1 Å². The molecule has 1 heterocycles. The number of hydrogen-bond donors (Lipinski definition) is 1. The number of aromatic nitrogens is 2. The molecule has 4 heteroatoms. The second-order valence-corrected chi connectivity index (χ2v) is 2.18. The van der Waals surface area contributed by atoms with Crippen LogP contribution in [0.2, 0.25) is 0 Å². The average Bonchev–Trinajstić information content (AvgIpc) is 2.03. The summed E-state index contributed by atoms with van der Waals surface area (Å²) in [5, 5.41) is 7.45. The molecule has 0 aliphatic carbocycles. The van der Waals surface area contributed by atoms with Crippen LogP contribution in [0.4, 0.5) is 0 Å². The van der Waals surface area contributed by atoms with Crippen LogP contribution in [0.5, 0.6) is 0 Å². The molecule has 58 valence electrons. The molecule has 0 radical (unpaired) electrons. The predicted octanol–water partition coefficient (Wildman–Crippen LogP) is -0.106. The first-order chi connectivity index (χ1) is 5.29. The molecule has 0 atom stereocenters. The van der Waals surface area contributed by atoms with Crippen LogP contribution in [0.15, 0.2) is 18.3 Å². The number of nitrogens with two attached hydrogens (primary N) is 1. The number of amides is 1. The van der Waals surface area contributed by atoms with Gasteiger partial charge in [0.25, 0.3) is 0 Å². The van der Waals surface area contributed by atoms with E-state index in [1.165, 1.54) is 0 Å². The number of rotatable bonds is 3. The van der Waals surface area contributed by atoms with Crippen LogP contribution in [0.25, 0.3) is 0 Å². The Morgan fingerprint density at radius 2 is 2.45 bits per heavy atom. The van der Waals surface area contributed by atoms with E-state index in [9.17, 15) is 4.79 Å². The molecule has 4 nitrogen and oxygen atoms in total. The zero-order chi connectivity index (χ0) is 8.10. The predicted molar refractivity (Wildman–Crippen MR) is 39.5 cm³/mol. The van der Waals surface area contributed by atoms with Crippen LogP contribution in [-0.2, 0) is 11.2 Å². The molecule has 0 bridgehead atoms. The first-order valence-corrected chi connectivity index (χ1v) is 3.34. The van der Waals surface area contributed by atoms with E-state index >= 15 is 0 Å². The fourth-order valence-electron chi connectivity index (χ4n) is 0.718. The minimum Gasteiger partial charge on any atom is -0.370 e. The smallest absolute Gasteiger partial charge is 0.217 e. The number of primary amides is 1. The third kappa shape index (κ3) is 2.75. The first kappa shape index (κ1) is 7.65. The van der Waals surface area contributed by atoms with Crippen molar-refractivity contribution in [3.8, 4) is 0 Å². The molecule has 1 rings (SSSR count). The molecule has 1 amide bonds. The molecule has 11 heavy (non-hydrogen) atoms. The maximum Gasteiger partial charge on any atom is 0.217 e. The Labute approximate surface area is 64.4 Å². The number of carbonyl (C=O) groups is 1. The maximum atomic E-state index is 10.3. The molecule has 0 unspecified atom stereocenters. The highest BCUT2D eigenvalue weighted by atomic mass is 16.1. The highest BCUT2D eigenvalue weighted by Crippen LogP contribution is 1.94. The van der Waals surface area contributed by atoms with Gasteiger partial charge in [-0.1, -0.05) is 0 Å². The molecule has 0 spiro atoms. The SMILES string of the molecule is NC(=O)CCc1cccnn1. The van der Waals surface area contributed by atoms with Crippen molar-refractivity contribution in [1.29, 1.82) is 0 Å². The van der Waals surface area contributed by atoms with Crippen molar-refractivity contribution in [2.45, 2.75) is 12.8 Å². The zero-order valence-corrected chi connectivity index (χ0v) is 6.03. The van der Waals surface area contributed by atoms with Gasteiger partial charge in [0, 0.05) is 19.0 Å². The van der Waals surface area contributed by atoms with Crippen LogP contribution >= 0.6 is 0 Å². The number of hydrogen-bond acceptors (Lipinski definition) is 3. The zero-order valence-electron chi connectivity index (χ0n) is 6.03. The summed E-state index contributed by atoms with van der Waals surface area (Å²) in [6, 6.07) is 3.60. The lowest BCUT2D eigenvalue weighted by Gasteiger charge is -1.93. The molecular weight excluding hydrogens is 142 g/mol. The summed E-state index contributed by atoms with van der Waals surface area (Å²) in [7, 11) is 0. The van der Waals surface area contributed by atoms with Gasteiger partial charge in [0.1, 0.15) is 0 Å². The summed E-state index contributed by atoms with van der Waals surface area (Å²) in [5.41, 5.74) is 5.75. The van der Waals surface area contributed by atoms with Gasteiger partial charge in [-0.15, -0.1) is 0 Å². The summed E-state index contributed by atoms with van der Waals surface area (Å²) in [5.74, 6) is -0.310. The van der Waals surface area contributed by atoms with E-state index < -0.39 is 0 Å². The number of carbonyl (C=O) groups excluding carboxylic acids is 1. The van der Waals surface area contributed by atoms with Crippen molar-refractivity contribution in [2.75, 3.05) is 0 Å². The Morgan fingerprint density at radius 3 is 3.00 bits per heavy atom. The summed E-state index contributed by atoms with van der Waals surface area (Å²) in [4.78, 5) is 10.3. The highest BCUT2D eigenvalue weighted by Gasteiger charge is 1.96. The van der Waals surface area contributed by atoms with Crippen molar-refractivity contribution >= 4 is 5.91 Å². The van der Waals surface area contributed by atoms with Gasteiger partial charge >= 0.3 is 0 Å². The van der Waals surface area contributed by atoms with Crippen LogP contribution in [0, 0.1) is 0 Å². The molecule has 1 aromatic heterocycles. The second kappa shape index (κ2) is 3.65. The lowest BCUT2D eigenvalue weighted by atomic mass is 10.2. The van der Waals surface area contributed by atoms with Gasteiger partial charge < -0.3 is 5.73 Å². The minimum absolute atomic E-state index is 0.310. The van der Waals surface area contributed by atoms with E-state index in [0.717, 1.165) is 5.69 Å². The summed E-state index contributed by atoms with van der Waals surface area (Å²) in [6.07, 6.45) is 2.50. The fraction of sp³-hybridized carbons (Fsp3) is 0.286. The van der Waals surface area contributed by atoms with Gasteiger partial charge in [0.2, 0.25) is 5.91 Å². The van der Waals surface area contributed by atoms with Crippen LogP contribution in [-0.4, -0.2) is 16.1 Å². The van der Waals surface area contributed by atoms with Gasteiger partial charge in [-0.3, -0.25) is 4.79 Å². The quantitative estimate of drug-likeness (QED) is 0.655. The maximum absolute atomic E-state index is 10.3. The van der Waals surface area contributed by atoms with Gasteiger partial charge in [-0.25, -0.2) is 0 Å². The van der Waals surface area contributed by atoms with Gasteiger partial charge in [0.05, 0.1) is 5.69 Å². The van der Waals surface area contributed by atoms with E-state index in [0.29, 0.717) is 12.8 Å². The van der Waals surface area contributed by atoms with Gasteiger partial charge in [0.15, 0.2) is 0 Å². The van der Waals surface area contributed by atoms with Crippen molar-refractivity contribution in [3.63, 3.8) is 0 Å². The molecular formula is C7H9N3O. The third-order valence-electron chi connectivity index (χ3n) is 1.26. The molecule has 0 saturated heterocycles. The van der Waals surface area contributed by atoms with Crippen LogP contribution in [0.3, 0.4) is 0 Å². The molecule has 0 fully saturated rings. The van der Waals surface area contributed by atoms with Gasteiger partial charge in [-0.2, -0.15) is 10.2 Å². The monoisotopic (exact) mass is 151 g/mol. The Kier molecular flexibility index (Phi) is 2.54. The summed E-state index contributed by atoms with van der Waals surface area (Å²) >= 11 is 0. The van der Waals surface area contributed by atoms with E-state index in [2.05, 4.69) is 10.2 Å². The van der Waals surface area contributed by atoms with E-state index in [1.54, 1.807) is 12.3 Å². The first-order valence-electron chi connectivity index (χ1n) is 3.34. The average molecular weight is 151 g/mol. The molecule has 0 aromatic carbocycles. The third-order valence-corrected chi connectivity index (χ3v) is 1.26. The largest absolute Gasteiger partial charge is 0.370 e. The number of nitrogens with zero attached hydrogens (tertiary/aromatic N) is 2. The second-order valence-electron chi connectivity index (χ2n) is 2.18. The molecule has 0 saturated carbocycles. The molecule has 0 aliphatic rings. The highest BCUT2D eigenvalue weighted by molar-refractivity contribution is 5.73. The van der Waals surface area contributed by atoms with E-state index in [-0.39, 0.29) is 5.91 Å². The fourth-order valence-corrected chi connectivity index (χ4v) is 0.718. The van der Waals surface area contributed by atoms with Crippen LogP contribution in [0.1, 0.15) is 12.1 Å². The normalized spacial score (nSPS) is 9.45. The van der Waals surface area contributed by atoms with E-state index in [4.69, 9.17) is 5.73 Å². The summed E-state index contributed by atoms with van der Waals surface area (Å²) in [6.45, 7) is 0. The lowest BCUT2D eigenvalue weighted by Crippen LogP contribution is -2.11. The Morgan fingerprint density at radius 1 is 1.64 bits per heavy atom.